The largest absolute Gasteiger partial charge is 0.496 e. The third kappa shape index (κ3) is 4.91. The Labute approximate surface area is 224 Å². The maximum Gasteiger partial charge on any atom is 0.453 e. The minimum absolute atomic E-state index is 0.0919. The molecule has 0 radical (unpaired) electrons. The Balaban J connectivity index is 1.32. The minimum atomic E-state index is -4.69. The van der Waals surface area contributed by atoms with Gasteiger partial charge in [-0.2, -0.15) is 17.9 Å². The zero-order valence-electron chi connectivity index (χ0n) is 21.7. The first-order chi connectivity index (χ1) is 18.8. The minimum Gasteiger partial charge on any atom is -0.496 e. The fourth-order valence-corrected chi connectivity index (χ4v) is 7.02. The van der Waals surface area contributed by atoms with Gasteiger partial charge in [-0.3, -0.25) is 0 Å². The predicted molar refractivity (Wildman–Crippen MR) is 134 cm³/mol. The molecule has 6 rings (SSSR count). The number of methoxy groups -OCH3 is 1. The second-order valence-electron chi connectivity index (χ2n) is 11.0. The van der Waals surface area contributed by atoms with Crippen LogP contribution in [-0.2, 0) is 10.9 Å². The van der Waals surface area contributed by atoms with Crippen molar-refractivity contribution in [2.75, 3.05) is 33.4 Å². The van der Waals surface area contributed by atoms with E-state index in [0.29, 0.717) is 29.4 Å². The van der Waals surface area contributed by atoms with E-state index in [2.05, 4.69) is 20.4 Å². The number of aromatic nitrogens is 4. The average molecular weight is 546 g/mol. The maximum atomic E-state index is 13.9. The molecular weight excluding hydrogens is 514 g/mol. The summed E-state index contributed by atoms with van der Waals surface area (Å²) in [4.78, 5) is 2.52. The number of likely N-dealkylation sites (tertiary alicyclic amines) is 1. The number of halogens is 4. The van der Waals surface area contributed by atoms with E-state index in [1.54, 1.807) is 19.2 Å². The van der Waals surface area contributed by atoms with E-state index in [0.717, 1.165) is 43.6 Å². The van der Waals surface area contributed by atoms with Gasteiger partial charge in [0.25, 0.3) is 5.82 Å². The molecule has 3 heterocycles. The van der Waals surface area contributed by atoms with Crippen LogP contribution in [-0.4, -0.2) is 64.1 Å². The summed E-state index contributed by atoms with van der Waals surface area (Å²) in [6, 6.07) is 11.6. The standard InChI is InChI=1S/C28H31F4N5O2/c1-38-24-9-8-22(37-26(28(30,31)32)33-34-35-37)14-23(24)20-15-27(39-17-20)11-10-19(16-36-12-2-3-13-36)25(27)18-4-6-21(29)7-5-18/h4-9,14,19-20,25H,2-3,10-13,15-17H2,1H3. The Morgan fingerprint density at radius 3 is 2.59 bits per heavy atom. The highest BCUT2D eigenvalue weighted by molar-refractivity contribution is 5.47. The van der Waals surface area contributed by atoms with Crippen LogP contribution in [0.15, 0.2) is 42.5 Å². The molecule has 4 unspecified atom stereocenters. The molecule has 1 aliphatic carbocycles. The van der Waals surface area contributed by atoms with Gasteiger partial charge >= 0.3 is 6.18 Å². The first-order valence-corrected chi connectivity index (χ1v) is 13.4. The molecule has 7 nitrogen and oxygen atoms in total. The van der Waals surface area contributed by atoms with Crippen molar-refractivity contribution in [3.8, 4) is 11.4 Å². The lowest BCUT2D eigenvalue weighted by Gasteiger charge is -2.35. The van der Waals surface area contributed by atoms with Crippen LogP contribution < -0.4 is 4.74 Å². The Hall–Kier alpha value is -3.05. The fraction of sp³-hybridized carbons (Fsp3) is 0.536. The van der Waals surface area contributed by atoms with Gasteiger partial charge in [-0.1, -0.05) is 12.1 Å². The monoisotopic (exact) mass is 545 g/mol. The molecule has 3 aliphatic rings. The van der Waals surface area contributed by atoms with E-state index in [1.165, 1.54) is 31.0 Å². The van der Waals surface area contributed by atoms with Gasteiger partial charge < -0.3 is 14.4 Å². The quantitative estimate of drug-likeness (QED) is 0.389. The van der Waals surface area contributed by atoms with Crippen LogP contribution in [0.2, 0.25) is 0 Å². The fourth-order valence-electron chi connectivity index (χ4n) is 7.02. The van der Waals surface area contributed by atoms with Gasteiger partial charge in [-0.25, -0.2) is 4.39 Å². The second-order valence-corrected chi connectivity index (χ2v) is 11.0. The summed E-state index contributed by atoms with van der Waals surface area (Å²) in [6.07, 6.45) is 0.295. The van der Waals surface area contributed by atoms with Crippen molar-refractivity contribution < 1.29 is 27.0 Å². The van der Waals surface area contributed by atoms with Crippen molar-refractivity contribution in [1.29, 1.82) is 0 Å². The molecule has 11 heteroatoms. The normalized spacial score (nSPS) is 27.6. The lowest BCUT2D eigenvalue weighted by atomic mass is 9.76. The maximum absolute atomic E-state index is 13.9. The van der Waals surface area contributed by atoms with Crippen LogP contribution >= 0.6 is 0 Å². The van der Waals surface area contributed by atoms with Crippen LogP contribution in [0, 0.1) is 11.7 Å². The topological polar surface area (TPSA) is 65.3 Å². The van der Waals surface area contributed by atoms with E-state index in [4.69, 9.17) is 9.47 Å². The second kappa shape index (κ2) is 10.2. The van der Waals surface area contributed by atoms with Crippen LogP contribution in [0.1, 0.15) is 60.9 Å². The number of nitrogens with zero attached hydrogens (tertiary/aromatic N) is 5. The third-order valence-corrected chi connectivity index (χ3v) is 8.68. The van der Waals surface area contributed by atoms with Crippen molar-refractivity contribution in [2.24, 2.45) is 5.92 Å². The van der Waals surface area contributed by atoms with Gasteiger partial charge in [-0.05, 0) is 97.4 Å². The average Bonchev–Trinajstić information content (AvgIpc) is 3.73. The molecule has 39 heavy (non-hydrogen) atoms. The third-order valence-electron chi connectivity index (χ3n) is 8.68. The lowest BCUT2D eigenvalue weighted by molar-refractivity contribution is -0.146. The van der Waals surface area contributed by atoms with Crippen LogP contribution in [0.4, 0.5) is 17.6 Å². The molecule has 1 saturated carbocycles. The molecule has 2 saturated heterocycles. The molecule has 3 fully saturated rings. The Bertz CT molecular complexity index is 1310. The molecule has 4 atom stereocenters. The molecule has 208 valence electrons. The molecule has 3 aromatic rings. The number of alkyl halides is 3. The molecular formula is C28H31F4N5O2. The van der Waals surface area contributed by atoms with Gasteiger partial charge in [0.15, 0.2) is 0 Å². The Kier molecular flexibility index (Phi) is 6.83. The summed E-state index contributed by atoms with van der Waals surface area (Å²) < 4.78 is 67.3. The highest BCUT2D eigenvalue weighted by atomic mass is 19.4. The summed E-state index contributed by atoms with van der Waals surface area (Å²) in [5.74, 6) is -0.510. The first kappa shape index (κ1) is 26.2. The zero-order chi connectivity index (χ0) is 27.2. The van der Waals surface area contributed by atoms with E-state index >= 15 is 0 Å². The summed E-state index contributed by atoms with van der Waals surface area (Å²) in [7, 11) is 1.55. The van der Waals surface area contributed by atoms with E-state index < -0.39 is 17.6 Å². The highest BCUT2D eigenvalue weighted by Gasteiger charge is 2.54. The van der Waals surface area contributed by atoms with Gasteiger partial charge in [0.1, 0.15) is 11.6 Å². The molecule has 0 amide bonds. The van der Waals surface area contributed by atoms with Crippen LogP contribution in [0.5, 0.6) is 5.75 Å². The highest BCUT2D eigenvalue weighted by Crippen LogP contribution is 2.57. The smallest absolute Gasteiger partial charge is 0.453 e. The van der Waals surface area contributed by atoms with Gasteiger partial charge in [0, 0.05) is 23.9 Å². The molecule has 0 N–H and O–H groups in total. The van der Waals surface area contributed by atoms with Crippen LogP contribution in [0.25, 0.3) is 5.69 Å². The van der Waals surface area contributed by atoms with Crippen molar-refractivity contribution >= 4 is 0 Å². The first-order valence-electron chi connectivity index (χ1n) is 13.4. The number of rotatable bonds is 6. The van der Waals surface area contributed by atoms with Crippen molar-refractivity contribution in [3.63, 3.8) is 0 Å². The van der Waals surface area contributed by atoms with Crippen LogP contribution in [0.3, 0.4) is 0 Å². The van der Waals surface area contributed by atoms with Crippen molar-refractivity contribution in [2.45, 2.75) is 55.7 Å². The number of hydrogen-bond donors (Lipinski definition) is 0. The zero-order valence-corrected chi connectivity index (χ0v) is 21.7. The number of tetrazole rings is 1. The van der Waals surface area contributed by atoms with E-state index in [9.17, 15) is 17.6 Å². The summed E-state index contributed by atoms with van der Waals surface area (Å²) >= 11 is 0. The lowest BCUT2D eigenvalue weighted by Crippen LogP contribution is -2.36. The summed E-state index contributed by atoms with van der Waals surface area (Å²) in [5.41, 5.74) is 1.59. The Morgan fingerprint density at radius 1 is 1.10 bits per heavy atom. The number of benzene rings is 2. The molecule has 2 aromatic carbocycles. The molecule has 1 spiro atoms. The summed E-state index contributed by atoms with van der Waals surface area (Å²) in [6.45, 7) is 3.60. The summed E-state index contributed by atoms with van der Waals surface area (Å²) in [5, 5.41) is 10.0. The van der Waals surface area contributed by atoms with E-state index in [1.807, 2.05) is 12.1 Å². The van der Waals surface area contributed by atoms with Gasteiger partial charge in [-0.15, -0.1) is 5.10 Å². The molecule has 1 aromatic heterocycles. The van der Waals surface area contributed by atoms with Gasteiger partial charge in [0.2, 0.25) is 0 Å². The number of hydrogen-bond acceptors (Lipinski definition) is 6. The van der Waals surface area contributed by atoms with Crippen molar-refractivity contribution in [3.05, 3.63) is 65.2 Å². The molecule has 2 aliphatic heterocycles. The van der Waals surface area contributed by atoms with Crippen molar-refractivity contribution in [1.82, 2.24) is 25.1 Å². The molecule has 0 bridgehead atoms. The Morgan fingerprint density at radius 2 is 1.87 bits per heavy atom. The predicted octanol–water partition coefficient (Wildman–Crippen LogP) is 5.36. The van der Waals surface area contributed by atoms with E-state index in [-0.39, 0.29) is 23.3 Å². The van der Waals surface area contributed by atoms with Gasteiger partial charge in [0.05, 0.1) is 25.0 Å². The SMILES string of the molecule is COc1ccc(-n2nnnc2C(F)(F)F)cc1C1COC2(CCC(CN3CCCC3)C2c2ccc(F)cc2)C1. The number of ether oxygens (including phenoxy) is 2.